The number of amides is 2. The van der Waals surface area contributed by atoms with Gasteiger partial charge in [-0.1, -0.05) is 30.3 Å². The summed E-state index contributed by atoms with van der Waals surface area (Å²) in [5.41, 5.74) is 4.00. The van der Waals surface area contributed by atoms with Crippen molar-refractivity contribution in [2.45, 2.75) is 12.8 Å². The number of nitrogens with zero attached hydrogens (tertiary/aromatic N) is 2. The van der Waals surface area contributed by atoms with Gasteiger partial charge in [0.05, 0.1) is 0 Å². The molecule has 2 heterocycles. The topological polar surface area (TPSA) is 99.8 Å². The number of fused-ring (bicyclic) bond motifs is 1. The molecule has 0 saturated heterocycles. The molecule has 0 atom stereocenters. The molecule has 0 radical (unpaired) electrons. The number of aromatic nitrogens is 3. The van der Waals surface area contributed by atoms with Gasteiger partial charge in [-0.15, -0.1) is 0 Å². The molecule has 25 heavy (non-hydrogen) atoms. The van der Waals surface area contributed by atoms with Crippen LogP contribution in [0.15, 0.2) is 48.5 Å². The number of anilines is 2. The fourth-order valence-corrected chi connectivity index (χ4v) is 2.84. The predicted molar refractivity (Wildman–Crippen MR) is 93.2 cm³/mol. The van der Waals surface area contributed by atoms with Gasteiger partial charge in [0.2, 0.25) is 5.91 Å². The van der Waals surface area contributed by atoms with E-state index in [1.807, 2.05) is 36.4 Å². The van der Waals surface area contributed by atoms with E-state index in [0.717, 1.165) is 16.8 Å². The third-order valence-corrected chi connectivity index (χ3v) is 4.07. The highest BCUT2D eigenvalue weighted by molar-refractivity contribution is 6.06. The lowest BCUT2D eigenvalue weighted by molar-refractivity contribution is -0.116. The van der Waals surface area contributed by atoms with Crippen LogP contribution in [-0.2, 0) is 11.2 Å². The zero-order chi connectivity index (χ0) is 17.2. The number of aromatic amines is 1. The molecule has 2 amide bonds. The summed E-state index contributed by atoms with van der Waals surface area (Å²) in [6.07, 6.45) is 1.11. The second-order valence-corrected chi connectivity index (χ2v) is 5.76. The number of hydrogen-bond acceptors (Lipinski definition) is 4. The Labute approximate surface area is 143 Å². The van der Waals surface area contributed by atoms with E-state index in [1.54, 1.807) is 12.1 Å². The van der Waals surface area contributed by atoms with E-state index in [1.165, 1.54) is 0 Å². The minimum Gasteiger partial charge on any atom is -0.326 e. The maximum absolute atomic E-state index is 12.6. The number of benzene rings is 2. The normalized spacial score (nSPS) is 13.0. The Morgan fingerprint density at radius 2 is 1.88 bits per heavy atom. The van der Waals surface area contributed by atoms with E-state index >= 15 is 0 Å². The van der Waals surface area contributed by atoms with Gasteiger partial charge in [-0.2, -0.15) is 15.4 Å². The van der Waals surface area contributed by atoms with Crippen molar-refractivity contribution in [1.29, 1.82) is 0 Å². The molecule has 0 unspecified atom stereocenters. The van der Waals surface area contributed by atoms with E-state index in [9.17, 15) is 9.59 Å². The van der Waals surface area contributed by atoms with Crippen LogP contribution in [0.25, 0.3) is 11.3 Å². The van der Waals surface area contributed by atoms with Crippen molar-refractivity contribution in [2.75, 3.05) is 10.6 Å². The first kappa shape index (κ1) is 15.1. The third-order valence-electron chi connectivity index (χ3n) is 4.07. The molecule has 3 N–H and O–H groups in total. The van der Waals surface area contributed by atoms with Crippen LogP contribution in [0.2, 0.25) is 0 Å². The second kappa shape index (κ2) is 6.20. The first-order valence-corrected chi connectivity index (χ1v) is 7.91. The summed E-state index contributed by atoms with van der Waals surface area (Å²) in [5.74, 6) is -0.327. The van der Waals surface area contributed by atoms with Crippen molar-refractivity contribution in [1.82, 2.24) is 15.4 Å². The second-order valence-electron chi connectivity index (χ2n) is 5.76. The van der Waals surface area contributed by atoms with Crippen LogP contribution in [0.5, 0.6) is 0 Å². The zero-order valence-corrected chi connectivity index (χ0v) is 13.2. The Morgan fingerprint density at radius 3 is 2.72 bits per heavy atom. The van der Waals surface area contributed by atoms with Crippen LogP contribution in [0, 0.1) is 0 Å². The maximum Gasteiger partial charge on any atom is 0.278 e. The van der Waals surface area contributed by atoms with Gasteiger partial charge in [0.25, 0.3) is 5.91 Å². The Balaban J connectivity index is 1.58. The largest absolute Gasteiger partial charge is 0.326 e. The summed E-state index contributed by atoms with van der Waals surface area (Å²) in [7, 11) is 0. The number of H-pyrrole nitrogens is 1. The number of carbonyl (C=O) groups is 2. The van der Waals surface area contributed by atoms with Crippen LogP contribution in [-0.4, -0.2) is 27.2 Å². The van der Waals surface area contributed by atoms with Crippen LogP contribution < -0.4 is 10.6 Å². The molecule has 0 saturated carbocycles. The van der Waals surface area contributed by atoms with Gasteiger partial charge in [0, 0.05) is 23.4 Å². The smallest absolute Gasteiger partial charge is 0.278 e. The molecule has 0 spiro atoms. The molecule has 1 aliphatic heterocycles. The van der Waals surface area contributed by atoms with Crippen molar-refractivity contribution < 1.29 is 9.59 Å². The third kappa shape index (κ3) is 2.99. The highest BCUT2D eigenvalue weighted by atomic mass is 16.2. The van der Waals surface area contributed by atoms with E-state index in [0.29, 0.717) is 24.2 Å². The lowest BCUT2D eigenvalue weighted by Gasteiger charge is -2.17. The summed E-state index contributed by atoms with van der Waals surface area (Å²) in [5, 5.41) is 16.2. The molecule has 3 aromatic rings. The van der Waals surface area contributed by atoms with Gasteiger partial charge in [-0.25, -0.2) is 0 Å². The Morgan fingerprint density at radius 1 is 1.04 bits per heavy atom. The van der Waals surface area contributed by atoms with Gasteiger partial charge in [-0.05, 0) is 30.2 Å². The lowest BCUT2D eigenvalue weighted by atomic mass is 10.0. The van der Waals surface area contributed by atoms with Crippen LogP contribution in [0.3, 0.4) is 0 Å². The van der Waals surface area contributed by atoms with Crippen LogP contribution >= 0.6 is 0 Å². The summed E-state index contributed by atoms with van der Waals surface area (Å²) in [6, 6.07) is 14.8. The molecule has 0 aliphatic carbocycles. The summed E-state index contributed by atoms with van der Waals surface area (Å²) >= 11 is 0. The standard InChI is InChI=1S/C18H15N5O2/c24-15-9-6-12-10-13(7-8-14(12)20-15)19-18(25)17-16(21-23-22-17)11-4-2-1-3-5-11/h1-5,7-8,10H,6,9H2,(H,19,25)(H,20,24)(H,21,22,23). The number of rotatable bonds is 3. The average Bonchev–Trinajstić information content (AvgIpc) is 3.12. The van der Waals surface area contributed by atoms with Crippen molar-refractivity contribution in [2.24, 2.45) is 0 Å². The molecule has 4 rings (SSSR count). The summed E-state index contributed by atoms with van der Waals surface area (Å²) in [6.45, 7) is 0. The lowest BCUT2D eigenvalue weighted by Crippen LogP contribution is -2.19. The van der Waals surface area contributed by atoms with E-state index in [-0.39, 0.29) is 17.5 Å². The molecule has 1 aliphatic rings. The predicted octanol–water partition coefficient (Wildman–Crippen LogP) is 2.61. The molecule has 7 nitrogen and oxygen atoms in total. The molecule has 0 fully saturated rings. The Kier molecular flexibility index (Phi) is 3.74. The molecule has 0 bridgehead atoms. The van der Waals surface area contributed by atoms with Crippen molar-refractivity contribution in [3.8, 4) is 11.3 Å². The number of carbonyl (C=O) groups excluding carboxylic acids is 2. The fourth-order valence-electron chi connectivity index (χ4n) is 2.84. The first-order chi connectivity index (χ1) is 12.2. The van der Waals surface area contributed by atoms with Gasteiger partial charge in [0.1, 0.15) is 5.69 Å². The SMILES string of the molecule is O=C1CCc2cc(NC(=O)c3n[nH]nc3-c3ccccc3)ccc2N1. The van der Waals surface area contributed by atoms with E-state index < -0.39 is 0 Å². The molecule has 1 aromatic heterocycles. The molecular formula is C18H15N5O2. The quantitative estimate of drug-likeness (QED) is 0.686. The summed E-state index contributed by atoms with van der Waals surface area (Å²) in [4.78, 5) is 24.0. The molecule has 7 heteroatoms. The van der Waals surface area contributed by atoms with Crippen molar-refractivity contribution in [3.63, 3.8) is 0 Å². The average molecular weight is 333 g/mol. The number of nitrogens with one attached hydrogen (secondary N) is 3. The van der Waals surface area contributed by atoms with Crippen LogP contribution in [0.4, 0.5) is 11.4 Å². The first-order valence-electron chi connectivity index (χ1n) is 7.91. The highest BCUT2D eigenvalue weighted by Gasteiger charge is 2.19. The van der Waals surface area contributed by atoms with Gasteiger partial charge in [-0.3, -0.25) is 9.59 Å². The van der Waals surface area contributed by atoms with E-state index in [4.69, 9.17) is 0 Å². The fraction of sp³-hybridized carbons (Fsp3) is 0.111. The van der Waals surface area contributed by atoms with E-state index in [2.05, 4.69) is 26.0 Å². The monoisotopic (exact) mass is 333 g/mol. The van der Waals surface area contributed by atoms with Gasteiger partial charge in [0.15, 0.2) is 5.69 Å². The minimum atomic E-state index is -0.340. The highest BCUT2D eigenvalue weighted by Crippen LogP contribution is 2.26. The Hall–Kier alpha value is -3.48. The van der Waals surface area contributed by atoms with Crippen molar-refractivity contribution >= 4 is 23.2 Å². The number of hydrogen-bond donors (Lipinski definition) is 3. The van der Waals surface area contributed by atoms with Gasteiger partial charge < -0.3 is 10.6 Å². The van der Waals surface area contributed by atoms with Crippen molar-refractivity contribution in [3.05, 3.63) is 59.8 Å². The zero-order valence-electron chi connectivity index (χ0n) is 13.2. The Bertz CT molecular complexity index is 949. The maximum atomic E-state index is 12.6. The molecule has 2 aromatic carbocycles. The minimum absolute atomic E-state index is 0.0133. The van der Waals surface area contributed by atoms with Gasteiger partial charge >= 0.3 is 0 Å². The van der Waals surface area contributed by atoms with Crippen LogP contribution in [0.1, 0.15) is 22.5 Å². The summed E-state index contributed by atoms with van der Waals surface area (Å²) < 4.78 is 0. The number of aryl methyl sites for hydroxylation is 1. The molecular weight excluding hydrogens is 318 g/mol. The molecule has 124 valence electrons.